The summed E-state index contributed by atoms with van der Waals surface area (Å²) in [6, 6.07) is 0.602. The van der Waals surface area contributed by atoms with Gasteiger partial charge in [0.2, 0.25) is 0 Å². The molecule has 1 rings (SSSR count). The van der Waals surface area contributed by atoms with Gasteiger partial charge >= 0.3 is 48.7 Å². The summed E-state index contributed by atoms with van der Waals surface area (Å²) in [5, 5.41) is 2.71. The minimum absolute atomic E-state index is 0.602. The van der Waals surface area contributed by atoms with E-state index in [4.69, 9.17) is 5.73 Å². The summed E-state index contributed by atoms with van der Waals surface area (Å²) in [6.07, 6.45) is 0. The van der Waals surface area contributed by atoms with Crippen LogP contribution in [0.3, 0.4) is 0 Å². The van der Waals surface area contributed by atoms with Gasteiger partial charge in [-0.25, -0.2) is 0 Å². The Labute approximate surface area is 48.9 Å². The number of hydrogen-bond donors (Lipinski definition) is 1. The molecule has 0 amide bonds. The molecule has 3 heteroatoms. The normalized spacial score (nSPS) is 25.5. The van der Waals surface area contributed by atoms with Crippen molar-refractivity contribution in [2.75, 3.05) is 0 Å². The molecule has 1 nitrogen and oxygen atoms in total. The first-order valence-electron chi connectivity index (χ1n) is 1.89. The van der Waals surface area contributed by atoms with Gasteiger partial charge in [0.15, 0.2) is 0 Å². The molecule has 1 saturated heterocycles. The third-order valence-electron chi connectivity index (χ3n) is 0.648. The predicted molar refractivity (Wildman–Crippen MR) is 29.1 cm³/mol. The molecule has 0 aromatic heterocycles. The van der Waals surface area contributed by atoms with Crippen LogP contribution in [0.25, 0.3) is 0 Å². The van der Waals surface area contributed by atoms with Crippen LogP contribution >= 0.6 is 0 Å². The van der Waals surface area contributed by atoms with Crippen molar-refractivity contribution in [1.82, 2.24) is 0 Å². The molecule has 0 radical (unpaired) electrons. The van der Waals surface area contributed by atoms with Crippen molar-refractivity contribution >= 4 is 26.3 Å². The summed E-state index contributed by atoms with van der Waals surface area (Å²) < 4.78 is 0. The average Bonchev–Trinajstić information content (AvgIpc) is 1.86. The van der Waals surface area contributed by atoms with Gasteiger partial charge < -0.3 is 0 Å². The summed E-state index contributed by atoms with van der Waals surface area (Å²) in [5.41, 5.74) is 5.57. The van der Waals surface area contributed by atoms with E-state index in [2.05, 4.69) is 0 Å². The SMILES string of the molecule is NC1C[Se][Se]C1. The molecule has 0 unspecified atom stereocenters. The summed E-state index contributed by atoms with van der Waals surface area (Å²) in [6.45, 7) is 0. The zero-order valence-electron chi connectivity index (χ0n) is 3.39. The van der Waals surface area contributed by atoms with Gasteiger partial charge in [0.05, 0.1) is 0 Å². The molecule has 0 aliphatic carbocycles. The second-order valence-corrected chi connectivity index (χ2v) is 8.86. The molecule has 1 fully saturated rings. The first-order chi connectivity index (χ1) is 2.89. The second kappa shape index (κ2) is 2.34. The summed E-state index contributed by atoms with van der Waals surface area (Å²) in [5.74, 6) is 0. The van der Waals surface area contributed by atoms with E-state index in [-0.39, 0.29) is 0 Å². The van der Waals surface area contributed by atoms with E-state index in [1.54, 1.807) is 0 Å². The third kappa shape index (κ3) is 1.25. The van der Waals surface area contributed by atoms with Gasteiger partial charge in [-0.15, -0.1) is 0 Å². The Morgan fingerprint density at radius 3 is 2.00 bits per heavy atom. The Morgan fingerprint density at radius 1 is 1.33 bits per heavy atom. The molecule has 2 N–H and O–H groups in total. The van der Waals surface area contributed by atoms with Crippen LogP contribution in [0.5, 0.6) is 0 Å². The van der Waals surface area contributed by atoms with Crippen LogP contribution in [0.15, 0.2) is 0 Å². The second-order valence-electron chi connectivity index (χ2n) is 1.33. The fourth-order valence-electron chi connectivity index (χ4n) is 0.319. The van der Waals surface area contributed by atoms with Crippen LogP contribution < -0.4 is 5.73 Å². The number of nitrogens with two attached hydrogens (primary N) is 1. The topological polar surface area (TPSA) is 26.0 Å². The van der Waals surface area contributed by atoms with E-state index >= 15 is 0 Å². The van der Waals surface area contributed by atoms with E-state index in [0.29, 0.717) is 6.04 Å². The van der Waals surface area contributed by atoms with Gasteiger partial charge in [-0.2, -0.15) is 0 Å². The molecule has 6 heavy (non-hydrogen) atoms. The molecule has 0 aromatic carbocycles. The Balaban J connectivity index is 2.18. The minimum atomic E-state index is 0.602. The summed E-state index contributed by atoms with van der Waals surface area (Å²) in [4.78, 5) is 0. The van der Waals surface area contributed by atoms with E-state index in [9.17, 15) is 0 Å². The molecule has 1 heterocycles. The van der Waals surface area contributed by atoms with Gasteiger partial charge in [0, 0.05) is 0 Å². The molecule has 0 spiro atoms. The molecule has 0 bridgehead atoms. The van der Waals surface area contributed by atoms with E-state index in [0.717, 1.165) is 26.3 Å². The van der Waals surface area contributed by atoms with Crippen LogP contribution in [0.1, 0.15) is 0 Å². The van der Waals surface area contributed by atoms with Crippen molar-refractivity contribution in [2.45, 2.75) is 16.7 Å². The fraction of sp³-hybridized carbons (Fsp3) is 1.00. The summed E-state index contributed by atoms with van der Waals surface area (Å²) in [7, 11) is 0. The van der Waals surface area contributed by atoms with Crippen molar-refractivity contribution in [2.24, 2.45) is 5.73 Å². The van der Waals surface area contributed by atoms with Crippen LogP contribution in [0, 0.1) is 0 Å². The molecular formula is C3H7NSe2. The molecule has 36 valence electrons. The third-order valence-corrected chi connectivity index (χ3v) is 8.15. The predicted octanol–water partition coefficient (Wildman–Crippen LogP) is -0.513. The number of hydrogen-bond acceptors (Lipinski definition) is 1. The standard InChI is InChI=1S/C3H7NSe2/c4-3-1-5-6-2-3/h3H,1-2,4H2. The molecule has 0 atom stereocenters. The van der Waals surface area contributed by atoms with Gasteiger partial charge in [-0.3, -0.25) is 0 Å². The fourth-order valence-corrected chi connectivity index (χ4v) is 8.62. The molecule has 0 aromatic rings. The van der Waals surface area contributed by atoms with Gasteiger partial charge in [-0.1, -0.05) is 0 Å². The van der Waals surface area contributed by atoms with Crippen molar-refractivity contribution in [3.63, 3.8) is 0 Å². The first-order valence-corrected chi connectivity index (χ1v) is 8.65. The van der Waals surface area contributed by atoms with Crippen LogP contribution in [0.4, 0.5) is 0 Å². The maximum atomic E-state index is 5.57. The maximum absolute atomic E-state index is 5.57. The van der Waals surface area contributed by atoms with Crippen molar-refractivity contribution in [3.8, 4) is 0 Å². The van der Waals surface area contributed by atoms with Crippen molar-refractivity contribution in [3.05, 3.63) is 0 Å². The Kier molecular flexibility index (Phi) is 2.01. The van der Waals surface area contributed by atoms with Crippen LogP contribution in [-0.2, 0) is 0 Å². The average molecular weight is 215 g/mol. The number of rotatable bonds is 0. The Hall–Kier alpha value is 0.999. The van der Waals surface area contributed by atoms with Gasteiger partial charge in [0.1, 0.15) is 0 Å². The zero-order chi connectivity index (χ0) is 4.41. The van der Waals surface area contributed by atoms with Gasteiger partial charge in [-0.05, 0) is 0 Å². The molecule has 1 aliphatic rings. The van der Waals surface area contributed by atoms with Crippen molar-refractivity contribution < 1.29 is 0 Å². The van der Waals surface area contributed by atoms with Gasteiger partial charge in [0.25, 0.3) is 0 Å². The van der Waals surface area contributed by atoms with E-state index in [1.165, 1.54) is 10.6 Å². The van der Waals surface area contributed by atoms with Crippen LogP contribution in [0.2, 0.25) is 10.6 Å². The molecule has 0 saturated carbocycles. The Bertz CT molecular complexity index is 42.1. The monoisotopic (exact) mass is 217 g/mol. The quantitative estimate of drug-likeness (QED) is 0.541. The Morgan fingerprint density at radius 2 is 1.83 bits per heavy atom. The molecular weight excluding hydrogens is 208 g/mol. The van der Waals surface area contributed by atoms with Crippen LogP contribution in [-0.4, -0.2) is 32.3 Å². The van der Waals surface area contributed by atoms with E-state index < -0.39 is 0 Å². The molecule has 1 aliphatic heterocycles. The zero-order valence-corrected chi connectivity index (χ0v) is 6.81. The van der Waals surface area contributed by atoms with E-state index in [1.807, 2.05) is 0 Å². The van der Waals surface area contributed by atoms with Crippen molar-refractivity contribution in [1.29, 1.82) is 0 Å². The first kappa shape index (κ1) is 5.14. The summed E-state index contributed by atoms with van der Waals surface area (Å²) >= 11 is 1.96.